The van der Waals surface area contributed by atoms with Crippen molar-refractivity contribution in [2.24, 2.45) is 11.5 Å². The van der Waals surface area contributed by atoms with Crippen molar-refractivity contribution >= 4 is 0 Å². The molecule has 0 atom stereocenters. The van der Waals surface area contributed by atoms with Crippen LogP contribution in [0.2, 0.25) is 0 Å². The molecule has 0 aliphatic carbocycles. The average Bonchev–Trinajstić information content (AvgIpc) is 3.16. The summed E-state index contributed by atoms with van der Waals surface area (Å²) < 4.78 is 23.5. The van der Waals surface area contributed by atoms with Gasteiger partial charge in [0.1, 0.15) is 11.5 Å². The second kappa shape index (κ2) is 29.1. The number of nitrogens with two attached hydrogens (primary N) is 2. The lowest BCUT2D eigenvalue weighted by atomic mass is 9.94. The number of benzene rings is 2. The van der Waals surface area contributed by atoms with Gasteiger partial charge in [-0.1, -0.05) is 88.1 Å². The highest BCUT2D eigenvalue weighted by Gasteiger charge is 2.23. The Labute approximate surface area is 302 Å². The third kappa shape index (κ3) is 22.3. The number of aliphatic hydroxyl groups is 4. The van der Waals surface area contributed by atoms with Crippen LogP contribution in [0.25, 0.3) is 0 Å². The third-order valence-electron chi connectivity index (χ3n) is 9.05. The molecular formula is C41H69FN2O6. The lowest BCUT2D eigenvalue weighted by Crippen LogP contribution is -2.47. The Balaban J connectivity index is 0.000000506. The van der Waals surface area contributed by atoms with Crippen LogP contribution >= 0.6 is 0 Å². The van der Waals surface area contributed by atoms with Crippen molar-refractivity contribution in [1.82, 2.24) is 0 Å². The largest absolute Gasteiger partial charge is 0.494 e. The number of aliphatic hydroxyl groups excluding tert-OH is 4. The van der Waals surface area contributed by atoms with Gasteiger partial charge in [0.25, 0.3) is 0 Å². The van der Waals surface area contributed by atoms with Crippen LogP contribution in [-0.2, 0) is 12.8 Å². The maximum atomic E-state index is 12.0. The number of hydrogen-bond acceptors (Lipinski definition) is 8. The molecule has 2 rings (SSSR count). The van der Waals surface area contributed by atoms with Crippen LogP contribution in [-0.4, -0.2) is 77.8 Å². The first kappa shape index (κ1) is 45.5. The first-order chi connectivity index (χ1) is 24.3. The van der Waals surface area contributed by atoms with Gasteiger partial charge in [0, 0.05) is 0 Å². The highest BCUT2D eigenvalue weighted by molar-refractivity contribution is 5.28. The molecule has 0 heterocycles. The SMILES string of the molecule is C=CCCCCCCOc1ccc(CCC(N)(CO)CO)cc1.NC(CO)(CO)CCc1ccc(OCCCCCCCCCCCF)cc1. The molecule has 9 heteroatoms. The number of allylic oxidation sites excluding steroid dienone is 1. The molecule has 2 aromatic carbocycles. The van der Waals surface area contributed by atoms with Gasteiger partial charge in [-0.25, -0.2) is 0 Å². The molecular weight excluding hydrogens is 635 g/mol. The summed E-state index contributed by atoms with van der Waals surface area (Å²) in [5.74, 6) is 1.75. The summed E-state index contributed by atoms with van der Waals surface area (Å²) in [7, 11) is 0. The number of hydrogen-bond donors (Lipinski definition) is 6. The van der Waals surface area contributed by atoms with Gasteiger partial charge in [-0.3, -0.25) is 4.39 Å². The standard InChI is InChI=1S/C22H38FNO3.C19H31NO3/c23-16-8-6-4-2-1-3-5-7-9-17-27-21-12-10-20(11-13-21)14-15-22(24,18-25)19-26;1-2-3-4-5-6-7-14-23-18-10-8-17(9-11-18)12-13-19(20,15-21)16-22/h10-13,25-26H,1-9,14-19,24H2;2,8-11,21-22H,1,3-7,12-16,20H2. The fraction of sp³-hybridized carbons (Fsp3) is 0.659. The summed E-state index contributed by atoms with van der Waals surface area (Å²) in [5.41, 5.74) is 12.2. The number of unbranched alkanes of at least 4 members (excludes halogenated alkanes) is 12. The van der Waals surface area contributed by atoms with Crippen LogP contribution in [0.15, 0.2) is 61.2 Å². The number of halogens is 1. The summed E-state index contributed by atoms with van der Waals surface area (Å²) in [6.07, 6.45) is 20.4. The topological polar surface area (TPSA) is 151 Å². The maximum Gasteiger partial charge on any atom is 0.119 e. The first-order valence-electron chi connectivity index (χ1n) is 18.9. The fourth-order valence-corrected chi connectivity index (χ4v) is 5.27. The molecule has 0 saturated carbocycles. The van der Waals surface area contributed by atoms with E-state index in [9.17, 15) is 24.8 Å². The van der Waals surface area contributed by atoms with Gasteiger partial charge in [0.05, 0.1) is 57.4 Å². The van der Waals surface area contributed by atoms with E-state index < -0.39 is 11.1 Å². The second-order valence-corrected chi connectivity index (χ2v) is 13.7. The van der Waals surface area contributed by atoms with Crippen molar-refractivity contribution in [3.05, 3.63) is 72.3 Å². The molecule has 0 bridgehead atoms. The van der Waals surface area contributed by atoms with Crippen LogP contribution in [0.5, 0.6) is 11.5 Å². The van der Waals surface area contributed by atoms with E-state index >= 15 is 0 Å². The van der Waals surface area contributed by atoms with E-state index in [1.165, 1.54) is 51.4 Å². The minimum absolute atomic E-state index is 0.176. The molecule has 0 aliphatic rings. The Morgan fingerprint density at radius 1 is 0.540 bits per heavy atom. The Hall–Kier alpha value is -2.53. The summed E-state index contributed by atoms with van der Waals surface area (Å²) in [4.78, 5) is 0. The van der Waals surface area contributed by atoms with Crippen molar-refractivity contribution in [2.45, 2.75) is 127 Å². The fourth-order valence-electron chi connectivity index (χ4n) is 5.27. The predicted octanol–water partition coefficient (Wildman–Crippen LogP) is 6.98. The summed E-state index contributed by atoms with van der Waals surface area (Å²) >= 11 is 0. The third-order valence-corrected chi connectivity index (χ3v) is 9.05. The van der Waals surface area contributed by atoms with E-state index in [-0.39, 0.29) is 33.1 Å². The van der Waals surface area contributed by atoms with Gasteiger partial charge < -0.3 is 41.4 Å². The van der Waals surface area contributed by atoms with Gasteiger partial charge >= 0.3 is 0 Å². The lowest BCUT2D eigenvalue weighted by molar-refractivity contribution is 0.114. The van der Waals surface area contributed by atoms with Crippen LogP contribution in [0.4, 0.5) is 4.39 Å². The molecule has 8 nitrogen and oxygen atoms in total. The number of rotatable bonds is 30. The molecule has 0 saturated heterocycles. The quantitative estimate of drug-likeness (QED) is 0.0377. The minimum atomic E-state index is -0.913. The van der Waals surface area contributed by atoms with Crippen molar-refractivity contribution in [3.8, 4) is 11.5 Å². The van der Waals surface area contributed by atoms with E-state index in [0.717, 1.165) is 80.8 Å². The molecule has 50 heavy (non-hydrogen) atoms. The Morgan fingerprint density at radius 3 is 1.22 bits per heavy atom. The second-order valence-electron chi connectivity index (χ2n) is 13.7. The van der Waals surface area contributed by atoms with Crippen molar-refractivity contribution < 1.29 is 34.3 Å². The first-order valence-corrected chi connectivity index (χ1v) is 18.9. The van der Waals surface area contributed by atoms with E-state index in [0.29, 0.717) is 19.3 Å². The van der Waals surface area contributed by atoms with E-state index in [4.69, 9.17) is 20.9 Å². The van der Waals surface area contributed by atoms with Gasteiger partial charge in [0.15, 0.2) is 0 Å². The molecule has 0 fully saturated rings. The smallest absolute Gasteiger partial charge is 0.119 e. The molecule has 2 aromatic rings. The zero-order valence-electron chi connectivity index (χ0n) is 30.7. The van der Waals surface area contributed by atoms with E-state index in [2.05, 4.69) is 6.58 Å². The maximum absolute atomic E-state index is 12.0. The normalized spacial score (nSPS) is 11.6. The van der Waals surface area contributed by atoms with Crippen molar-refractivity contribution in [3.63, 3.8) is 0 Å². The lowest BCUT2D eigenvalue weighted by Gasteiger charge is -2.24. The number of ether oxygens (including phenoxy) is 2. The molecule has 8 N–H and O–H groups in total. The molecule has 0 unspecified atom stereocenters. The van der Waals surface area contributed by atoms with Crippen LogP contribution < -0.4 is 20.9 Å². The highest BCUT2D eigenvalue weighted by atomic mass is 19.1. The van der Waals surface area contributed by atoms with Crippen LogP contribution in [0.1, 0.15) is 114 Å². The average molecular weight is 705 g/mol. The molecule has 0 spiro atoms. The van der Waals surface area contributed by atoms with Gasteiger partial charge in [-0.15, -0.1) is 6.58 Å². The van der Waals surface area contributed by atoms with E-state index in [1.807, 2.05) is 54.6 Å². The molecule has 286 valence electrons. The van der Waals surface area contributed by atoms with Crippen molar-refractivity contribution in [2.75, 3.05) is 46.3 Å². The number of alkyl halides is 1. The molecule has 0 radical (unpaired) electrons. The molecule has 0 aliphatic heterocycles. The van der Waals surface area contributed by atoms with Gasteiger partial charge in [-0.2, -0.15) is 0 Å². The van der Waals surface area contributed by atoms with Crippen LogP contribution in [0.3, 0.4) is 0 Å². The van der Waals surface area contributed by atoms with Crippen LogP contribution in [0, 0.1) is 0 Å². The minimum Gasteiger partial charge on any atom is -0.494 e. The van der Waals surface area contributed by atoms with E-state index in [1.54, 1.807) is 0 Å². The summed E-state index contributed by atoms with van der Waals surface area (Å²) in [5, 5.41) is 36.8. The zero-order chi connectivity index (χ0) is 36.8. The summed E-state index contributed by atoms with van der Waals surface area (Å²) in [6.45, 7) is 4.16. The Morgan fingerprint density at radius 2 is 0.880 bits per heavy atom. The molecule has 0 aromatic heterocycles. The predicted molar refractivity (Wildman–Crippen MR) is 204 cm³/mol. The summed E-state index contributed by atoms with van der Waals surface area (Å²) in [6, 6.07) is 15.9. The monoisotopic (exact) mass is 705 g/mol. The van der Waals surface area contributed by atoms with Gasteiger partial charge in [0.2, 0.25) is 0 Å². The molecule has 0 amide bonds. The number of aryl methyl sites for hydroxylation is 2. The zero-order valence-corrected chi connectivity index (χ0v) is 30.7. The Bertz CT molecular complexity index is 1060. The van der Waals surface area contributed by atoms with Crippen molar-refractivity contribution in [1.29, 1.82) is 0 Å². The van der Waals surface area contributed by atoms with Gasteiger partial charge in [-0.05, 0) is 93.2 Å². The Kier molecular flexibility index (Phi) is 26.5. The highest BCUT2D eigenvalue weighted by Crippen LogP contribution is 2.18.